The van der Waals surface area contributed by atoms with Gasteiger partial charge in [-0.05, 0) is 0 Å². The van der Waals surface area contributed by atoms with E-state index in [1.165, 1.54) is 6.20 Å². The molecular formula is C8H15NO2. The molecule has 0 saturated heterocycles. The van der Waals surface area contributed by atoms with E-state index in [9.17, 15) is 4.79 Å². The summed E-state index contributed by atoms with van der Waals surface area (Å²) in [4.78, 5) is 12.4. The number of Topliss-reactive ketones (excluding diaryl/α,β-unsaturated/α-hetero) is 1. The Morgan fingerprint density at radius 1 is 1.55 bits per heavy atom. The Hall–Kier alpha value is -0.990. The average Bonchev–Trinajstić information content (AvgIpc) is 2.02. The van der Waals surface area contributed by atoms with Crippen molar-refractivity contribution in [3.05, 3.63) is 12.0 Å². The van der Waals surface area contributed by atoms with E-state index in [1.54, 1.807) is 4.90 Å². The molecule has 64 valence electrons. The number of aliphatic hydroxyl groups is 1. The van der Waals surface area contributed by atoms with E-state index in [0.29, 0.717) is 13.0 Å². The van der Waals surface area contributed by atoms with Crippen LogP contribution in [0.25, 0.3) is 0 Å². The molecule has 0 spiro atoms. The van der Waals surface area contributed by atoms with Gasteiger partial charge in [0.2, 0.25) is 0 Å². The third-order valence-corrected chi connectivity index (χ3v) is 1.32. The second kappa shape index (κ2) is 4.77. The van der Waals surface area contributed by atoms with E-state index in [0.717, 1.165) is 0 Å². The summed E-state index contributed by atoms with van der Waals surface area (Å²) >= 11 is 0. The maximum absolute atomic E-state index is 10.6. The van der Waals surface area contributed by atoms with Crippen LogP contribution in [0.5, 0.6) is 0 Å². The summed E-state index contributed by atoms with van der Waals surface area (Å²) in [5, 5.41) is 8.82. The van der Waals surface area contributed by atoms with Crippen molar-refractivity contribution in [1.82, 2.24) is 4.90 Å². The van der Waals surface area contributed by atoms with Gasteiger partial charge in [0.25, 0.3) is 0 Å². The van der Waals surface area contributed by atoms with Crippen LogP contribution in [-0.4, -0.2) is 29.4 Å². The zero-order valence-corrected chi connectivity index (χ0v) is 7.29. The molecule has 0 aromatic carbocycles. The van der Waals surface area contributed by atoms with Gasteiger partial charge in [0.05, 0.1) is 0 Å². The number of ketones is 1. The largest absolute Gasteiger partial charge is 0.503 e. The summed E-state index contributed by atoms with van der Waals surface area (Å²) in [6, 6.07) is 0. The highest BCUT2D eigenvalue weighted by atomic mass is 16.3. The summed E-state index contributed by atoms with van der Waals surface area (Å²) in [7, 11) is 1.82. The van der Waals surface area contributed by atoms with Gasteiger partial charge in [-0.15, -0.1) is 0 Å². The van der Waals surface area contributed by atoms with Gasteiger partial charge < -0.3 is 10.0 Å². The fraction of sp³-hybridized carbons (Fsp3) is 0.625. The van der Waals surface area contributed by atoms with Gasteiger partial charge in [0, 0.05) is 26.2 Å². The van der Waals surface area contributed by atoms with Crippen molar-refractivity contribution in [2.24, 2.45) is 0 Å². The summed E-state index contributed by atoms with van der Waals surface area (Å²) in [6.07, 6.45) is 1.88. The summed E-state index contributed by atoms with van der Waals surface area (Å²) in [5.74, 6) is -0.281. The number of rotatable bonds is 0. The molecule has 1 rings (SSSR count). The highest BCUT2D eigenvalue weighted by Crippen LogP contribution is 2.05. The van der Waals surface area contributed by atoms with Gasteiger partial charge in [-0.1, -0.05) is 13.8 Å². The number of hydrogen-bond donors (Lipinski definition) is 1. The molecule has 0 saturated carbocycles. The minimum absolute atomic E-state index is 0.122. The van der Waals surface area contributed by atoms with Crippen LogP contribution in [0.4, 0.5) is 0 Å². The third-order valence-electron chi connectivity index (χ3n) is 1.32. The maximum atomic E-state index is 10.6. The molecule has 1 aliphatic rings. The molecular weight excluding hydrogens is 142 g/mol. The number of hydrogen-bond acceptors (Lipinski definition) is 3. The lowest BCUT2D eigenvalue weighted by Gasteiger charge is -2.17. The van der Waals surface area contributed by atoms with Crippen LogP contribution in [0, 0.1) is 0 Å². The molecule has 0 aromatic rings. The predicted octanol–water partition coefficient (Wildman–Crippen LogP) is 1.32. The first-order chi connectivity index (χ1) is 5.20. The first-order valence-electron chi connectivity index (χ1n) is 3.84. The van der Waals surface area contributed by atoms with Crippen LogP contribution < -0.4 is 0 Å². The van der Waals surface area contributed by atoms with Gasteiger partial charge in [0.15, 0.2) is 11.5 Å². The number of nitrogens with zero attached hydrogens (tertiary/aromatic N) is 1. The SMILES string of the molecule is CC.CN1C=C(O)C(=O)CC1. The van der Waals surface area contributed by atoms with Gasteiger partial charge >= 0.3 is 0 Å². The van der Waals surface area contributed by atoms with Crippen LogP contribution in [0.1, 0.15) is 20.3 Å². The Labute approximate surface area is 67.3 Å². The Bertz CT molecular complexity index is 163. The fourth-order valence-corrected chi connectivity index (χ4v) is 0.751. The highest BCUT2D eigenvalue weighted by Gasteiger charge is 2.13. The molecule has 0 unspecified atom stereocenters. The van der Waals surface area contributed by atoms with Crippen molar-refractivity contribution in [3.63, 3.8) is 0 Å². The second-order valence-electron chi connectivity index (χ2n) is 2.17. The molecule has 0 bridgehead atoms. The Morgan fingerprint density at radius 3 is 2.45 bits per heavy atom. The molecule has 1 heterocycles. The standard InChI is InChI=1S/C6H9NO2.C2H6/c1-7-3-2-5(8)6(9)4-7;1-2/h4,9H,2-3H2,1H3;1-2H3. The van der Waals surface area contributed by atoms with E-state index < -0.39 is 0 Å². The predicted molar refractivity (Wildman–Crippen MR) is 44.3 cm³/mol. The van der Waals surface area contributed by atoms with Gasteiger partial charge in [0.1, 0.15) is 0 Å². The van der Waals surface area contributed by atoms with Crippen molar-refractivity contribution in [1.29, 1.82) is 0 Å². The first-order valence-corrected chi connectivity index (χ1v) is 3.84. The highest BCUT2D eigenvalue weighted by molar-refractivity contribution is 5.93. The van der Waals surface area contributed by atoms with Gasteiger partial charge in [-0.3, -0.25) is 4.79 Å². The summed E-state index contributed by atoms with van der Waals surface area (Å²) < 4.78 is 0. The van der Waals surface area contributed by atoms with Crippen molar-refractivity contribution in [2.75, 3.05) is 13.6 Å². The zero-order chi connectivity index (χ0) is 8.85. The van der Waals surface area contributed by atoms with Crippen molar-refractivity contribution in [2.45, 2.75) is 20.3 Å². The molecule has 0 amide bonds. The smallest absolute Gasteiger partial charge is 0.200 e. The third kappa shape index (κ3) is 3.07. The number of aliphatic hydroxyl groups excluding tert-OH is 1. The first kappa shape index (κ1) is 10.0. The van der Waals surface area contributed by atoms with Gasteiger partial charge in [-0.25, -0.2) is 0 Å². The molecule has 1 aliphatic heterocycles. The fourth-order valence-electron chi connectivity index (χ4n) is 0.751. The topological polar surface area (TPSA) is 40.5 Å². The number of carbonyl (C=O) groups is 1. The molecule has 0 radical (unpaired) electrons. The summed E-state index contributed by atoms with van der Waals surface area (Å²) in [5.41, 5.74) is 0. The number of allylic oxidation sites excluding steroid dienone is 1. The molecule has 0 aromatic heterocycles. The average molecular weight is 157 g/mol. The minimum atomic E-state index is -0.159. The van der Waals surface area contributed by atoms with Crippen molar-refractivity contribution >= 4 is 5.78 Å². The van der Waals surface area contributed by atoms with Gasteiger partial charge in [-0.2, -0.15) is 0 Å². The molecule has 0 aliphatic carbocycles. The molecule has 3 nitrogen and oxygen atoms in total. The Kier molecular flexibility index (Phi) is 4.34. The molecule has 0 atom stereocenters. The van der Waals surface area contributed by atoms with Crippen molar-refractivity contribution in [3.8, 4) is 0 Å². The Balaban J connectivity index is 0.000000461. The maximum Gasteiger partial charge on any atom is 0.200 e. The van der Waals surface area contributed by atoms with Crippen molar-refractivity contribution < 1.29 is 9.90 Å². The van der Waals surface area contributed by atoms with Crippen LogP contribution in [0.2, 0.25) is 0 Å². The lowest BCUT2D eigenvalue weighted by atomic mass is 10.2. The van der Waals surface area contributed by atoms with Crippen LogP contribution in [-0.2, 0) is 4.79 Å². The van der Waals surface area contributed by atoms with E-state index in [-0.39, 0.29) is 11.5 Å². The van der Waals surface area contributed by atoms with Crippen LogP contribution in [0.3, 0.4) is 0 Å². The van der Waals surface area contributed by atoms with Crippen LogP contribution in [0.15, 0.2) is 12.0 Å². The second-order valence-corrected chi connectivity index (χ2v) is 2.17. The molecule has 3 heteroatoms. The quantitative estimate of drug-likeness (QED) is 0.576. The minimum Gasteiger partial charge on any atom is -0.503 e. The van der Waals surface area contributed by atoms with E-state index >= 15 is 0 Å². The van der Waals surface area contributed by atoms with E-state index in [4.69, 9.17) is 5.11 Å². The van der Waals surface area contributed by atoms with E-state index in [2.05, 4.69) is 0 Å². The number of carbonyl (C=O) groups excluding carboxylic acids is 1. The molecule has 0 fully saturated rings. The zero-order valence-electron chi connectivity index (χ0n) is 7.29. The normalized spacial score (nSPS) is 16.8. The summed E-state index contributed by atoms with van der Waals surface area (Å²) in [6.45, 7) is 4.71. The Morgan fingerprint density at radius 2 is 2.09 bits per heavy atom. The lowest BCUT2D eigenvalue weighted by Crippen LogP contribution is -2.23. The van der Waals surface area contributed by atoms with E-state index in [1.807, 2.05) is 20.9 Å². The molecule has 1 N–H and O–H groups in total. The monoisotopic (exact) mass is 157 g/mol. The lowest BCUT2D eigenvalue weighted by molar-refractivity contribution is -0.119. The van der Waals surface area contributed by atoms with Crippen LogP contribution >= 0.6 is 0 Å². The molecule has 11 heavy (non-hydrogen) atoms.